The van der Waals surface area contributed by atoms with Crippen LogP contribution in [0.25, 0.3) is 0 Å². The predicted octanol–water partition coefficient (Wildman–Crippen LogP) is -2.27. The fourth-order valence-corrected chi connectivity index (χ4v) is 15.9. The van der Waals surface area contributed by atoms with Crippen molar-refractivity contribution in [1.82, 2.24) is 0 Å². The number of aliphatic hydroxyl groups excluding tert-OH is 12. The normalized spacial score (nSPS) is 57.8. The topological polar surface area (TPSA) is 335 Å². The Bertz CT molecular complexity index is 1830. The smallest absolute Gasteiger partial charge is 0.187 e. The summed E-state index contributed by atoms with van der Waals surface area (Å²) in [6.45, 7) is 7.51. The van der Waals surface area contributed by atoms with Crippen LogP contribution in [0.2, 0.25) is 0 Å². The molecule has 0 amide bonds. The van der Waals surface area contributed by atoms with Gasteiger partial charge in [-0.2, -0.15) is 0 Å². The Kier molecular flexibility index (Phi) is 15.9. The van der Waals surface area contributed by atoms with Gasteiger partial charge in [0.25, 0.3) is 0 Å². The van der Waals surface area contributed by atoms with Crippen molar-refractivity contribution in [3.63, 3.8) is 0 Å². The number of hydrogen-bond acceptors (Lipinski definition) is 22. The minimum atomic E-state index is -1.99. The Morgan fingerprint density at radius 1 is 0.514 bits per heavy atom. The summed E-state index contributed by atoms with van der Waals surface area (Å²) in [7, 11) is 0. The Labute approximate surface area is 419 Å². The monoisotopic (exact) mass is 1030 g/mol. The molecule has 0 aromatic heterocycles. The first-order chi connectivity index (χ1) is 34.3. The van der Waals surface area contributed by atoms with Gasteiger partial charge in [-0.15, -0.1) is 0 Å². The molecule has 0 bridgehead atoms. The average molecular weight is 1040 g/mol. The first-order valence-corrected chi connectivity index (χ1v) is 26.7. The van der Waals surface area contributed by atoms with Gasteiger partial charge in [0, 0.05) is 12.3 Å². The van der Waals surface area contributed by atoms with Gasteiger partial charge >= 0.3 is 0 Å². The molecule has 1 spiro atoms. The van der Waals surface area contributed by atoms with Crippen LogP contribution in [0.1, 0.15) is 91.9 Å². The van der Waals surface area contributed by atoms with Gasteiger partial charge in [0.15, 0.2) is 30.9 Å². The van der Waals surface area contributed by atoms with Crippen LogP contribution >= 0.6 is 0 Å². The van der Waals surface area contributed by atoms with Crippen LogP contribution in [0.5, 0.6) is 0 Å². The van der Waals surface area contributed by atoms with Crippen LogP contribution in [0, 0.1) is 52.3 Å². The maximum Gasteiger partial charge on any atom is 0.187 e. The van der Waals surface area contributed by atoms with E-state index in [4.69, 9.17) is 47.4 Å². The van der Waals surface area contributed by atoms with E-state index >= 15 is 0 Å². The van der Waals surface area contributed by atoms with Crippen LogP contribution in [-0.2, 0) is 47.4 Å². The van der Waals surface area contributed by atoms with Crippen LogP contribution in [-0.4, -0.2) is 229 Å². The molecule has 22 heteroatoms. The number of ether oxygens (including phenoxy) is 10. The lowest BCUT2D eigenvalue weighted by Gasteiger charge is -2.61. The molecule has 414 valence electrons. The Morgan fingerprint density at radius 3 is 1.81 bits per heavy atom. The molecular weight excluding hydrogens is 953 g/mol. The molecule has 4 saturated carbocycles. The highest BCUT2D eigenvalue weighted by Gasteiger charge is 2.69. The molecule has 6 aliphatic heterocycles. The zero-order valence-corrected chi connectivity index (χ0v) is 41.7. The third kappa shape index (κ3) is 9.26. The van der Waals surface area contributed by atoms with Crippen LogP contribution in [0.15, 0.2) is 0 Å². The molecule has 6 saturated heterocycles. The Morgan fingerprint density at radius 2 is 1.12 bits per heavy atom. The second-order valence-electron chi connectivity index (χ2n) is 23.9. The number of fused-ring (bicyclic) bond motifs is 7. The highest BCUT2D eigenvalue weighted by Crippen LogP contribution is 2.71. The molecule has 31 atom stereocenters. The van der Waals surface area contributed by atoms with E-state index in [0.29, 0.717) is 54.3 Å². The predicted molar refractivity (Wildman–Crippen MR) is 242 cm³/mol. The fraction of sp³-hybridized carbons (Fsp3) is 1.00. The summed E-state index contributed by atoms with van der Waals surface area (Å²) >= 11 is 0. The number of aliphatic hydroxyl groups is 12. The SMILES string of the molecule is CC1CCC2(OC1)OC1CC3C4CCC5CC(OC6OC(CO)C(OC7OC(CO)C(OC8OCC(O)C(O)C8O)C(O)C7O)C(OC7OC(CO)C(O)C(O)C7O)C6O)CCC5(C)C4CCC3(C)C1C2C. The molecule has 4 aliphatic carbocycles. The minimum Gasteiger partial charge on any atom is -0.394 e. The van der Waals surface area contributed by atoms with E-state index in [1.807, 2.05) is 0 Å². The molecule has 10 aliphatic rings. The molecule has 12 N–H and O–H groups in total. The summed E-state index contributed by atoms with van der Waals surface area (Å²) in [5, 5.41) is 129. The number of rotatable bonds is 11. The van der Waals surface area contributed by atoms with Crippen molar-refractivity contribution in [3.8, 4) is 0 Å². The summed E-state index contributed by atoms with van der Waals surface area (Å²) in [5.74, 6) is 2.91. The van der Waals surface area contributed by atoms with Crippen LogP contribution in [0.4, 0.5) is 0 Å². The lowest BCUT2D eigenvalue weighted by atomic mass is 9.44. The Balaban J connectivity index is 0.830. The van der Waals surface area contributed by atoms with E-state index in [9.17, 15) is 61.3 Å². The molecule has 31 unspecified atom stereocenters. The maximum absolute atomic E-state index is 12.2. The van der Waals surface area contributed by atoms with Gasteiger partial charge in [-0.1, -0.05) is 27.7 Å². The van der Waals surface area contributed by atoms with Gasteiger partial charge in [0.1, 0.15) is 91.6 Å². The quantitative estimate of drug-likeness (QED) is 0.0971. The zero-order valence-electron chi connectivity index (χ0n) is 41.7. The lowest BCUT2D eigenvalue weighted by Crippen LogP contribution is -2.68. The van der Waals surface area contributed by atoms with Gasteiger partial charge in [-0.25, -0.2) is 0 Å². The van der Waals surface area contributed by atoms with Crippen molar-refractivity contribution in [3.05, 3.63) is 0 Å². The largest absolute Gasteiger partial charge is 0.394 e. The number of hydrogen-bond donors (Lipinski definition) is 12. The van der Waals surface area contributed by atoms with Gasteiger partial charge in [-0.3, -0.25) is 0 Å². The molecule has 22 nitrogen and oxygen atoms in total. The second kappa shape index (κ2) is 21.1. The van der Waals surface area contributed by atoms with Crippen molar-refractivity contribution in [2.45, 2.75) is 227 Å². The second-order valence-corrected chi connectivity index (χ2v) is 23.9. The molecule has 0 aromatic carbocycles. The molecule has 72 heavy (non-hydrogen) atoms. The van der Waals surface area contributed by atoms with E-state index < -0.39 is 149 Å². The molecular formula is C50H82O22. The van der Waals surface area contributed by atoms with Crippen molar-refractivity contribution in [1.29, 1.82) is 0 Å². The van der Waals surface area contributed by atoms with E-state index in [-0.39, 0.29) is 23.0 Å². The summed E-state index contributed by atoms with van der Waals surface area (Å²) in [6, 6.07) is 0. The average Bonchev–Trinajstić information content (AvgIpc) is 3.82. The zero-order chi connectivity index (χ0) is 51.3. The van der Waals surface area contributed by atoms with E-state index in [1.165, 1.54) is 0 Å². The van der Waals surface area contributed by atoms with Crippen molar-refractivity contribution in [2.24, 2.45) is 52.3 Å². The van der Waals surface area contributed by atoms with E-state index in [0.717, 1.165) is 58.0 Å². The van der Waals surface area contributed by atoms with Crippen LogP contribution < -0.4 is 0 Å². The highest BCUT2D eigenvalue weighted by atomic mass is 16.8. The van der Waals surface area contributed by atoms with Gasteiger partial charge < -0.3 is 109 Å². The molecule has 6 heterocycles. The summed E-state index contributed by atoms with van der Waals surface area (Å²) < 4.78 is 61.3. The Hall–Kier alpha value is -0.880. The van der Waals surface area contributed by atoms with Gasteiger partial charge in [0.2, 0.25) is 0 Å². The summed E-state index contributed by atoms with van der Waals surface area (Å²) in [6.07, 6.45) is -22.4. The van der Waals surface area contributed by atoms with Crippen molar-refractivity contribution >= 4 is 0 Å². The molecule has 10 rings (SSSR count). The molecule has 0 aromatic rings. The molecule has 0 radical (unpaired) electrons. The standard InChI is InChI=1S/C50H82O22/c1-20-7-12-50(64-18-20)21(2)32-28(72-50)14-26-24-6-5-22-13-23(8-10-48(22,3)25(24)9-11-49(26,32)4)65-47-40(62)43(71-45-38(60)35(57)34(56)29(15-51)66-45)42(31(17-53)68-47)70-46-39(61)36(58)41(30(16-52)67-46)69-44-37(59)33(55)27(54)19-63-44/h20-47,51-62H,5-19H2,1-4H3. The van der Waals surface area contributed by atoms with Gasteiger partial charge in [-0.05, 0) is 104 Å². The minimum absolute atomic E-state index is 0.0559. The first kappa shape index (κ1) is 54.5. The molecule has 10 fully saturated rings. The van der Waals surface area contributed by atoms with E-state index in [1.54, 1.807) is 0 Å². The highest BCUT2D eigenvalue weighted by molar-refractivity contribution is 5.15. The third-order valence-corrected chi connectivity index (χ3v) is 20.0. The fourth-order valence-electron chi connectivity index (χ4n) is 15.9. The summed E-state index contributed by atoms with van der Waals surface area (Å²) in [5.41, 5.74) is 0.239. The van der Waals surface area contributed by atoms with Crippen molar-refractivity contribution < 1.29 is 109 Å². The third-order valence-electron chi connectivity index (χ3n) is 20.0. The van der Waals surface area contributed by atoms with E-state index in [2.05, 4.69) is 27.7 Å². The summed E-state index contributed by atoms with van der Waals surface area (Å²) in [4.78, 5) is 0. The van der Waals surface area contributed by atoms with Crippen molar-refractivity contribution in [2.75, 3.05) is 33.0 Å². The first-order valence-electron chi connectivity index (χ1n) is 26.7. The van der Waals surface area contributed by atoms with Gasteiger partial charge in [0.05, 0.1) is 45.2 Å². The lowest BCUT2D eigenvalue weighted by molar-refractivity contribution is -0.396. The maximum atomic E-state index is 12.2. The van der Waals surface area contributed by atoms with Crippen LogP contribution in [0.3, 0.4) is 0 Å².